The first kappa shape index (κ1) is 32.7. The SMILES string of the molecule is CCCCNC(=O)[C@@H](Cc1ccccc1)N(Cc1cccc(OC)c1)C(=O)CN(c1ccccc1C(C)C)S(C)(=O)=O. The van der Waals surface area contributed by atoms with Gasteiger partial charge in [-0.2, -0.15) is 0 Å². The molecule has 2 amide bonds. The van der Waals surface area contributed by atoms with Crippen LogP contribution in [0.2, 0.25) is 0 Å². The van der Waals surface area contributed by atoms with Crippen molar-refractivity contribution < 1.29 is 22.7 Å². The second-order valence-electron chi connectivity index (χ2n) is 10.7. The molecule has 0 radical (unpaired) electrons. The van der Waals surface area contributed by atoms with Crippen LogP contribution in [0.5, 0.6) is 5.75 Å². The Bertz CT molecular complexity index is 1430. The van der Waals surface area contributed by atoms with Gasteiger partial charge in [0.2, 0.25) is 21.8 Å². The standard InChI is InChI=1S/C33H43N3O5S/c1-6-7-20-34-33(38)31(22-26-14-9-8-10-15-26)35(23-27-16-13-17-28(21-27)41-4)32(37)24-36(42(5,39)40)30-19-12-11-18-29(30)25(2)3/h8-19,21,25,31H,6-7,20,22-24H2,1-5H3,(H,34,38)/t31-/m1/s1. The average Bonchev–Trinajstić information content (AvgIpc) is 2.97. The highest BCUT2D eigenvalue weighted by molar-refractivity contribution is 7.92. The predicted molar refractivity (Wildman–Crippen MR) is 168 cm³/mol. The van der Waals surface area contributed by atoms with Crippen molar-refractivity contribution in [2.24, 2.45) is 0 Å². The van der Waals surface area contributed by atoms with Crippen LogP contribution in [-0.2, 0) is 32.6 Å². The molecule has 0 aliphatic heterocycles. The first-order chi connectivity index (χ1) is 20.0. The van der Waals surface area contributed by atoms with Crippen molar-refractivity contribution in [3.8, 4) is 5.75 Å². The first-order valence-electron chi connectivity index (χ1n) is 14.4. The Morgan fingerprint density at radius 1 is 0.929 bits per heavy atom. The lowest BCUT2D eigenvalue weighted by Crippen LogP contribution is -2.53. The van der Waals surface area contributed by atoms with Crippen LogP contribution in [0, 0.1) is 0 Å². The van der Waals surface area contributed by atoms with Gasteiger partial charge in [0.25, 0.3) is 0 Å². The molecule has 0 heterocycles. The van der Waals surface area contributed by atoms with E-state index >= 15 is 0 Å². The number of hydrogen-bond acceptors (Lipinski definition) is 5. The molecule has 0 fully saturated rings. The number of carbonyl (C=O) groups excluding carboxylic acids is 2. The molecule has 3 aromatic rings. The molecule has 0 spiro atoms. The largest absolute Gasteiger partial charge is 0.497 e. The van der Waals surface area contributed by atoms with Crippen LogP contribution in [0.25, 0.3) is 0 Å². The Kier molecular flexibility index (Phi) is 12.0. The molecule has 0 aliphatic rings. The van der Waals surface area contributed by atoms with E-state index in [1.807, 2.05) is 87.5 Å². The zero-order chi connectivity index (χ0) is 30.7. The highest BCUT2D eigenvalue weighted by atomic mass is 32.2. The maximum atomic E-state index is 14.3. The van der Waals surface area contributed by atoms with Crippen LogP contribution in [0.15, 0.2) is 78.9 Å². The summed E-state index contributed by atoms with van der Waals surface area (Å²) in [4.78, 5) is 29.5. The van der Waals surface area contributed by atoms with E-state index in [4.69, 9.17) is 4.74 Å². The Hall–Kier alpha value is -3.85. The Balaban J connectivity index is 2.09. The molecule has 0 aliphatic carbocycles. The highest BCUT2D eigenvalue weighted by Gasteiger charge is 2.33. The summed E-state index contributed by atoms with van der Waals surface area (Å²) < 4.78 is 32.8. The number of benzene rings is 3. The Morgan fingerprint density at radius 3 is 2.24 bits per heavy atom. The molecule has 1 atom stereocenters. The van der Waals surface area contributed by atoms with Crippen molar-refractivity contribution in [1.82, 2.24) is 10.2 Å². The topological polar surface area (TPSA) is 96.0 Å². The minimum Gasteiger partial charge on any atom is -0.497 e. The summed E-state index contributed by atoms with van der Waals surface area (Å²) in [6, 6.07) is 23.2. The molecule has 0 saturated heterocycles. The number of rotatable bonds is 15. The quantitative estimate of drug-likeness (QED) is 0.246. The van der Waals surface area contributed by atoms with E-state index in [0.29, 0.717) is 18.0 Å². The van der Waals surface area contributed by atoms with E-state index < -0.39 is 28.5 Å². The summed E-state index contributed by atoms with van der Waals surface area (Å²) in [5.41, 5.74) is 2.92. The number of amides is 2. The smallest absolute Gasteiger partial charge is 0.244 e. The summed E-state index contributed by atoms with van der Waals surface area (Å²) in [5, 5.41) is 3.00. The maximum absolute atomic E-state index is 14.3. The van der Waals surface area contributed by atoms with Gasteiger partial charge in [0.15, 0.2) is 0 Å². The Labute approximate surface area is 250 Å². The minimum atomic E-state index is -3.84. The second-order valence-corrected chi connectivity index (χ2v) is 12.6. The summed E-state index contributed by atoms with van der Waals surface area (Å²) in [5.74, 6) is -0.107. The second kappa shape index (κ2) is 15.4. The molecule has 0 unspecified atom stereocenters. The third-order valence-electron chi connectivity index (χ3n) is 7.09. The van der Waals surface area contributed by atoms with Crippen LogP contribution < -0.4 is 14.4 Å². The fourth-order valence-corrected chi connectivity index (χ4v) is 5.69. The van der Waals surface area contributed by atoms with Crippen molar-refractivity contribution in [3.63, 3.8) is 0 Å². The molecule has 226 valence electrons. The highest BCUT2D eigenvalue weighted by Crippen LogP contribution is 2.29. The van der Waals surface area contributed by atoms with Gasteiger partial charge in [-0.15, -0.1) is 0 Å². The third-order valence-corrected chi connectivity index (χ3v) is 8.22. The van der Waals surface area contributed by atoms with E-state index in [2.05, 4.69) is 5.32 Å². The average molecular weight is 594 g/mol. The lowest BCUT2D eigenvalue weighted by Gasteiger charge is -2.34. The number of carbonyl (C=O) groups is 2. The third kappa shape index (κ3) is 9.08. The fraction of sp³-hybridized carbons (Fsp3) is 0.394. The number of methoxy groups -OCH3 is 1. The monoisotopic (exact) mass is 593 g/mol. The van der Waals surface area contributed by atoms with E-state index in [-0.39, 0.29) is 24.8 Å². The number of anilines is 1. The van der Waals surface area contributed by atoms with Gasteiger partial charge in [0, 0.05) is 19.5 Å². The van der Waals surface area contributed by atoms with E-state index in [1.165, 1.54) is 4.90 Å². The van der Waals surface area contributed by atoms with Crippen molar-refractivity contribution in [2.45, 2.75) is 58.5 Å². The van der Waals surface area contributed by atoms with Crippen molar-refractivity contribution in [3.05, 3.63) is 95.6 Å². The molecular weight excluding hydrogens is 550 g/mol. The molecule has 0 bridgehead atoms. The lowest BCUT2D eigenvalue weighted by atomic mass is 10.0. The summed E-state index contributed by atoms with van der Waals surface area (Å²) in [7, 11) is -2.28. The molecule has 3 aromatic carbocycles. The molecule has 0 aromatic heterocycles. The summed E-state index contributed by atoms with van der Waals surface area (Å²) in [6.07, 6.45) is 3.09. The van der Waals surface area contributed by atoms with Crippen LogP contribution in [-0.4, -0.2) is 57.6 Å². The maximum Gasteiger partial charge on any atom is 0.244 e. The van der Waals surface area contributed by atoms with Crippen LogP contribution in [0.3, 0.4) is 0 Å². The van der Waals surface area contributed by atoms with Crippen LogP contribution >= 0.6 is 0 Å². The van der Waals surface area contributed by atoms with Crippen LogP contribution in [0.1, 0.15) is 56.2 Å². The predicted octanol–water partition coefficient (Wildman–Crippen LogP) is 5.14. The zero-order valence-corrected chi connectivity index (χ0v) is 26.1. The zero-order valence-electron chi connectivity index (χ0n) is 25.2. The Morgan fingerprint density at radius 2 is 1.60 bits per heavy atom. The van der Waals surface area contributed by atoms with Gasteiger partial charge in [-0.25, -0.2) is 8.42 Å². The van der Waals surface area contributed by atoms with Gasteiger partial charge in [0.1, 0.15) is 18.3 Å². The van der Waals surface area contributed by atoms with E-state index in [0.717, 1.165) is 40.1 Å². The molecule has 42 heavy (non-hydrogen) atoms. The normalized spacial score (nSPS) is 12.0. The number of nitrogens with zero attached hydrogens (tertiary/aromatic N) is 2. The van der Waals surface area contributed by atoms with Crippen LogP contribution in [0.4, 0.5) is 5.69 Å². The van der Waals surface area contributed by atoms with Gasteiger partial charge >= 0.3 is 0 Å². The molecule has 0 saturated carbocycles. The fourth-order valence-electron chi connectivity index (χ4n) is 4.83. The number of nitrogens with one attached hydrogen (secondary N) is 1. The first-order valence-corrected chi connectivity index (χ1v) is 16.2. The summed E-state index contributed by atoms with van der Waals surface area (Å²) in [6.45, 7) is 6.14. The number of sulfonamides is 1. The minimum absolute atomic E-state index is 0.0311. The number of ether oxygens (including phenoxy) is 1. The summed E-state index contributed by atoms with van der Waals surface area (Å²) >= 11 is 0. The van der Waals surface area contributed by atoms with Crippen molar-refractivity contribution >= 4 is 27.5 Å². The number of hydrogen-bond donors (Lipinski definition) is 1. The van der Waals surface area contributed by atoms with E-state index in [1.54, 1.807) is 19.2 Å². The lowest BCUT2D eigenvalue weighted by molar-refractivity contribution is -0.140. The van der Waals surface area contributed by atoms with Gasteiger partial charge in [-0.1, -0.05) is 87.9 Å². The van der Waals surface area contributed by atoms with Gasteiger partial charge in [0.05, 0.1) is 19.1 Å². The number of para-hydroxylation sites is 1. The van der Waals surface area contributed by atoms with Crippen molar-refractivity contribution in [2.75, 3.05) is 30.8 Å². The molecule has 1 N–H and O–H groups in total. The number of unbranched alkanes of at least 4 members (excludes halogenated alkanes) is 1. The molecule has 8 nitrogen and oxygen atoms in total. The van der Waals surface area contributed by atoms with Gasteiger partial charge in [-0.3, -0.25) is 13.9 Å². The molecule has 3 rings (SSSR count). The molecular formula is C33H43N3O5S. The van der Waals surface area contributed by atoms with Gasteiger partial charge < -0.3 is 15.0 Å². The van der Waals surface area contributed by atoms with Gasteiger partial charge in [-0.05, 0) is 47.2 Å². The van der Waals surface area contributed by atoms with E-state index in [9.17, 15) is 18.0 Å². The molecule has 9 heteroatoms. The van der Waals surface area contributed by atoms with Crippen molar-refractivity contribution in [1.29, 1.82) is 0 Å².